The Balaban J connectivity index is 0.000000162. The molecule has 230 valence electrons. The van der Waals surface area contributed by atoms with Crippen molar-refractivity contribution >= 4 is 0 Å². The lowest BCUT2D eigenvalue weighted by Gasteiger charge is -2.54. The highest BCUT2D eigenvalue weighted by Gasteiger charge is 2.44. The molecule has 0 N–H and O–H groups in total. The molecule has 0 aliphatic carbocycles. The van der Waals surface area contributed by atoms with Gasteiger partial charge in [0.05, 0.1) is 0 Å². The van der Waals surface area contributed by atoms with Crippen LogP contribution in [0.15, 0.2) is 0 Å². The van der Waals surface area contributed by atoms with Crippen LogP contribution < -0.4 is 0 Å². The number of likely N-dealkylation sites (tertiary alicyclic amines) is 2. The first-order valence-electron chi connectivity index (χ1n) is 16.8. The molecule has 0 saturated carbocycles. The zero-order chi connectivity index (χ0) is 29.0. The van der Waals surface area contributed by atoms with Gasteiger partial charge in [-0.1, -0.05) is 0 Å². The summed E-state index contributed by atoms with van der Waals surface area (Å²) < 4.78 is 0. The number of rotatable bonds is 6. The molecule has 4 bridgehead atoms. The molecule has 6 saturated heterocycles. The summed E-state index contributed by atoms with van der Waals surface area (Å²) in [5, 5.41) is 0. The highest BCUT2D eigenvalue weighted by Crippen LogP contribution is 2.33. The summed E-state index contributed by atoms with van der Waals surface area (Å²) in [6.45, 7) is 38.0. The lowest BCUT2D eigenvalue weighted by Crippen LogP contribution is -2.65. The number of piperazine rings is 3. The first-order chi connectivity index (χ1) is 18.3. The number of piperidine rings is 2. The summed E-state index contributed by atoms with van der Waals surface area (Å²) >= 11 is 0. The van der Waals surface area contributed by atoms with Crippen LogP contribution in [0.3, 0.4) is 0 Å². The largest absolute Gasteiger partial charge is 0.298 e. The van der Waals surface area contributed by atoms with Crippen molar-refractivity contribution < 1.29 is 0 Å². The Morgan fingerprint density at radius 2 is 0.615 bits per heavy atom. The predicted octanol–water partition coefficient (Wildman–Crippen LogP) is 4.93. The van der Waals surface area contributed by atoms with Gasteiger partial charge in [0.1, 0.15) is 0 Å². The molecule has 6 rings (SSSR count). The van der Waals surface area contributed by atoms with E-state index in [1.807, 2.05) is 0 Å². The predicted molar refractivity (Wildman–Crippen MR) is 170 cm³/mol. The van der Waals surface area contributed by atoms with Crippen molar-refractivity contribution in [1.29, 1.82) is 0 Å². The van der Waals surface area contributed by atoms with E-state index < -0.39 is 0 Å². The second kappa shape index (κ2) is 14.8. The van der Waals surface area contributed by atoms with Gasteiger partial charge in [0.2, 0.25) is 0 Å². The highest BCUT2D eigenvalue weighted by molar-refractivity contribution is 5.01. The molecule has 6 nitrogen and oxygen atoms in total. The Bertz CT molecular complexity index is 640. The third-order valence-electron chi connectivity index (χ3n) is 10.4. The number of hydrogen-bond acceptors (Lipinski definition) is 6. The Kier molecular flexibility index (Phi) is 12.6. The summed E-state index contributed by atoms with van der Waals surface area (Å²) in [4.78, 5) is 15.9. The highest BCUT2D eigenvalue weighted by atomic mass is 15.4. The van der Waals surface area contributed by atoms with Crippen molar-refractivity contribution in [2.45, 2.75) is 163 Å². The van der Waals surface area contributed by atoms with E-state index in [-0.39, 0.29) is 0 Å². The minimum atomic E-state index is 0.722. The summed E-state index contributed by atoms with van der Waals surface area (Å²) in [5.74, 6) is 0. The lowest BCUT2D eigenvalue weighted by atomic mass is 9.89. The van der Waals surface area contributed by atoms with E-state index >= 15 is 0 Å². The van der Waals surface area contributed by atoms with Crippen molar-refractivity contribution in [3.63, 3.8) is 0 Å². The quantitative estimate of drug-likeness (QED) is 0.465. The zero-order valence-electron chi connectivity index (χ0n) is 28.2. The average Bonchev–Trinajstić information content (AvgIpc) is 3.51. The molecule has 0 spiro atoms. The molecular formula is C33H68N6. The van der Waals surface area contributed by atoms with Gasteiger partial charge in [-0.05, 0) is 102 Å². The van der Waals surface area contributed by atoms with Gasteiger partial charge in [0.15, 0.2) is 0 Å². The van der Waals surface area contributed by atoms with Crippen molar-refractivity contribution in [3.05, 3.63) is 0 Å². The van der Waals surface area contributed by atoms with E-state index in [0.29, 0.717) is 0 Å². The maximum atomic E-state index is 2.70. The van der Waals surface area contributed by atoms with Gasteiger partial charge in [-0.2, -0.15) is 0 Å². The van der Waals surface area contributed by atoms with E-state index in [1.54, 1.807) is 0 Å². The lowest BCUT2D eigenvalue weighted by molar-refractivity contribution is -0.0495. The minimum Gasteiger partial charge on any atom is -0.298 e. The van der Waals surface area contributed by atoms with Crippen molar-refractivity contribution in [1.82, 2.24) is 29.4 Å². The van der Waals surface area contributed by atoms with Gasteiger partial charge >= 0.3 is 0 Å². The molecule has 0 aromatic heterocycles. The van der Waals surface area contributed by atoms with Crippen LogP contribution in [0.2, 0.25) is 0 Å². The van der Waals surface area contributed by atoms with Gasteiger partial charge < -0.3 is 0 Å². The van der Waals surface area contributed by atoms with Crippen LogP contribution in [0, 0.1) is 0 Å². The molecule has 0 radical (unpaired) electrons. The molecule has 4 unspecified atom stereocenters. The van der Waals surface area contributed by atoms with E-state index in [0.717, 1.165) is 60.4 Å². The molecule has 6 fully saturated rings. The Hall–Kier alpha value is -0.240. The second-order valence-electron chi connectivity index (χ2n) is 14.8. The molecule has 0 aromatic carbocycles. The van der Waals surface area contributed by atoms with Gasteiger partial charge in [-0.3, -0.25) is 29.4 Å². The van der Waals surface area contributed by atoms with Crippen LogP contribution in [0.25, 0.3) is 0 Å². The minimum absolute atomic E-state index is 0.722. The average molecular weight is 549 g/mol. The van der Waals surface area contributed by atoms with Crippen LogP contribution in [0.5, 0.6) is 0 Å². The molecule has 4 atom stereocenters. The summed E-state index contributed by atoms with van der Waals surface area (Å²) in [7, 11) is 0. The van der Waals surface area contributed by atoms with E-state index in [1.165, 1.54) is 71.6 Å². The Morgan fingerprint density at radius 1 is 0.359 bits per heavy atom. The third kappa shape index (κ3) is 8.64. The van der Waals surface area contributed by atoms with Gasteiger partial charge in [-0.25, -0.2) is 0 Å². The topological polar surface area (TPSA) is 19.4 Å². The van der Waals surface area contributed by atoms with Crippen LogP contribution in [0.4, 0.5) is 0 Å². The summed E-state index contributed by atoms with van der Waals surface area (Å²) in [6, 6.07) is 7.77. The van der Waals surface area contributed by atoms with E-state index in [2.05, 4.69) is 112 Å². The molecule has 6 heterocycles. The molecule has 0 aromatic rings. The van der Waals surface area contributed by atoms with Crippen LogP contribution >= 0.6 is 0 Å². The molecule has 6 heteroatoms. The van der Waals surface area contributed by atoms with E-state index in [9.17, 15) is 0 Å². The molecule has 6 aliphatic rings. The summed E-state index contributed by atoms with van der Waals surface area (Å²) in [6.07, 6.45) is 4.26. The van der Waals surface area contributed by atoms with Crippen molar-refractivity contribution in [2.75, 3.05) is 52.4 Å². The fraction of sp³-hybridized carbons (Fsp3) is 1.00. The SMILES string of the molecule is CC(C)N1CC2CC1CN2C(C)C.CC(C)N1CC2CCC1CN2C(C)C.CC(C)N1CCN(C(C)C)CC1. The Morgan fingerprint density at radius 3 is 0.821 bits per heavy atom. The molecular weight excluding hydrogens is 480 g/mol. The third-order valence-corrected chi connectivity index (χ3v) is 10.4. The van der Waals surface area contributed by atoms with Crippen molar-refractivity contribution in [2.24, 2.45) is 0 Å². The first-order valence-corrected chi connectivity index (χ1v) is 16.8. The van der Waals surface area contributed by atoms with Crippen LogP contribution in [-0.4, -0.2) is 142 Å². The molecule has 39 heavy (non-hydrogen) atoms. The second-order valence-corrected chi connectivity index (χ2v) is 14.8. The monoisotopic (exact) mass is 549 g/mol. The molecule has 6 aliphatic heterocycles. The van der Waals surface area contributed by atoms with Gasteiger partial charge in [0.25, 0.3) is 0 Å². The smallest absolute Gasteiger partial charge is 0.0242 e. The fourth-order valence-corrected chi connectivity index (χ4v) is 7.92. The zero-order valence-corrected chi connectivity index (χ0v) is 28.2. The van der Waals surface area contributed by atoms with Crippen LogP contribution in [0.1, 0.15) is 102 Å². The fourth-order valence-electron chi connectivity index (χ4n) is 7.92. The number of nitrogens with zero attached hydrogens (tertiary/aromatic N) is 6. The Labute approximate surface area is 244 Å². The van der Waals surface area contributed by atoms with Crippen molar-refractivity contribution in [3.8, 4) is 0 Å². The standard InChI is InChI=1S/C12H24N2.C11H22N2.C10H22N2/c1-9(2)13-7-12-6-5-11(13)8-14(12)10(3)4;1-8(2)12-6-11-5-10(12)7-13(11)9(3)4;1-9(2)11-5-7-12(8-6-11)10(3)4/h9-12H,5-8H2,1-4H3;8-11H,5-7H2,1-4H3;9-10H,5-8H2,1-4H3. The summed E-state index contributed by atoms with van der Waals surface area (Å²) in [5.41, 5.74) is 0. The van der Waals surface area contributed by atoms with Gasteiger partial charge in [0, 0.05) is 113 Å². The maximum Gasteiger partial charge on any atom is 0.0242 e. The number of fused-ring (bicyclic) bond motifs is 5. The maximum absolute atomic E-state index is 2.70. The van der Waals surface area contributed by atoms with Gasteiger partial charge in [-0.15, -0.1) is 0 Å². The molecule has 0 amide bonds. The first kappa shape index (κ1) is 33.3. The number of hydrogen-bond donors (Lipinski definition) is 0. The van der Waals surface area contributed by atoms with E-state index in [4.69, 9.17) is 0 Å². The normalized spacial score (nSPS) is 31.2. The van der Waals surface area contributed by atoms with Crippen LogP contribution in [-0.2, 0) is 0 Å².